The van der Waals surface area contributed by atoms with E-state index < -0.39 is 21.7 Å². The summed E-state index contributed by atoms with van der Waals surface area (Å²) in [6.45, 7) is 0. The van der Waals surface area contributed by atoms with Crippen molar-refractivity contribution in [2.45, 2.75) is 9.99 Å². The van der Waals surface area contributed by atoms with Gasteiger partial charge < -0.3 is 14.5 Å². The van der Waals surface area contributed by atoms with E-state index in [9.17, 15) is 18.0 Å². The Labute approximate surface area is 169 Å². The molecule has 1 N–H and O–H groups in total. The Hall–Kier alpha value is -2.91. The molecule has 7 nitrogen and oxygen atoms in total. The number of halogens is 1. The van der Waals surface area contributed by atoms with E-state index in [4.69, 9.17) is 4.42 Å². The van der Waals surface area contributed by atoms with E-state index in [1.165, 1.54) is 55.6 Å². The Kier molecular flexibility index (Phi) is 5.66. The zero-order valence-electron chi connectivity index (χ0n) is 14.5. The van der Waals surface area contributed by atoms with Crippen LogP contribution in [-0.2, 0) is 14.6 Å². The number of carbonyl (C=O) groups excluding carboxylic acids is 2. The first-order valence-electron chi connectivity index (χ1n) is 7.91. The molecule has 144 valence electrons. The lowest BCUT2D eigenvalue weighted by molar-refractivity contribution is 0.0600. The highest BCUT2D eigenvalue weighted by atomic mass is 79.9. The molecule has 0 aliphatic heterocycles. The Morgan fingerprint density at radius 1 is 0.964 bits per heavy atom. The van der Waals surface area contributed by atoms with Crippen molar-refractivity contribution in [3.8, 4) is 0 Å². The van der Waals surface area contributed by atoms with Crippen molar-refractivity contribution in [1.29, 1.82) is 0 Å². The number of nitrogens with one attached hydrogen (secondary N) is 1. The third-order valence-electron chi connectivity index (χ3n) is 3.76. The first-order chi connectivity index (χ1) is 13.3. The second kappa shape index (κ2) is 7.99. The summed E-state index contributed by atoms with van der Waals surface area (Å²) in [4.78, 5) is 23.8. The van der Waals surface area contributed by atoms with Crippen molar-refractivity contribution in [1.82, 2.24) is 0 Å². The highest BCUT2D eigenvalue weighted by Gasteiger charge is 2.23. The molecule has 1 amide bonds. The summed E-state index contributed by atoms with van der Waals surface area (Å²) in [5.74, 6) is -1.28. The zero-order valence-corrected chi connectivity index (χ0v) is 16.9. The topological polar surface area (TPSA) is 103 Å². The summed E-state index contributed by atoms with van der Waals surface area (Å²) < 4.78 is 35.8. The van der Waals surface area contributed by atoms with E-state index in [-0.39, 0.29) is 15.7 Å². The summed E-state index contributed by atoms with van der Waals surface area (Å²) in [5, 5.41) is 2.24. The standard InChI is InChI=1S/C19H14BrNO6S/c1-26-19(23)12-2-6-14(7-3-12)21-18(22)16-10-11-17(27-16)28(24,25)15-8-4-13(20)5-9-15/h2-11H,1H3,(H,21,22). The van der Waals surface area contributed by atoms with Crippen LogP contribution in [0.1, 0.15) is 20.9 Å². The number of hydrogen-bond donors (Lipinski definition) is 1. The third kappa shape index (κ3) is 4.15. The molecule has 1 aromatic heterocycles. The van der Waals surface area contributed by atoms with Gasteiger partial charge in [0.25, 0.3) is 5.91 Å². The first kappa shape index (κ1) is 19.8. The normalized spacial score (nSPS) is 11.1. The number of ether oxygens (including phenoxy) is 1. The van der Waals surface area contributed by atoms with E-state index in [1.54, 1.807) is 12.1 Å². The average molecular weight is 464 g/mol. The van der Waals surface area contributed by atoms with Crippen LogP contribution >= 0.6 is 15.9 Å². The lowest BCUT2D eigenvalue weighted by atomic mass is 10.2. The van der Waals surface area contributed by atoms with E-state index in [0.29, 0.717) is 11.3 Å². The van der Waals surface area contributed by atoms with Crippen molar-refractivity contribution in [2.24, 2.45) is 0 Å². The van der Waals surface area contributed by atoms with Gasteiger partial charge in [0.15, 0.2) is 5.76 Å². The number of sulfone groups is 1. The van der Waals surface area contributed by atoms with Gasteiger partial charge in [0.05, 0.1) is 17.6 Å². The predicted molar refractivity (Wildman–Crippen MR) is 104 cm³/mol. The second-order valence-electron chi connectivity index (χ2n) is 5.60. The van der Waals surface area contributed by atoms with Crippen LogP contribution in [0.2, 0.25) is 0 Å². The Balaban J connectivity index is 1.77. The molecule has 0 aliphatic rings. The summed E-state index contributed by atoms with van der Waals surface area (Å²) in [6.07, 6.45) is 0. The predicted octanol–water partition coefficient (Wildman–Crippen LogP) is 3.91. The number of esters is 1. The Morgan fingerprint density at radius 3 is 2.21 bits per heavy atom. The van der Waals surface area contributed by atoms with Crippen molar-refractivity contribution in [2.75, 3.05) is 12.4 Å². The monoisotopic (exact) mass is 463 g/mol. The van der Waals surface area contributed by atoms with Crippen molar-refractivity contribution in [3.63, 3.8) is 0 Å². The Morgan fingerprint density at radius 2 is 1.61 bits per heavy atom. The average Bonchev–Trinajstić information content (AvgIpc) is 3.19. The minimum Gasteiger partial charge on any atom is -0.465 e. The second-order valence-corrected chi connectivity index (χ2v) is 8.40. The third-order valence-corrected chi connectivity index (χ3v) is 5.93. The van der Waals surface area contributed by atoms with Crippen LogP contribution in [0, 0.1) is 0 Å². The first-order valence-corrected chi connectivity index (χ1v) is 10.2. The molecule has 0 saturated heterocycles. The van der Waals surface area contributed by atoms with Gasteiger partial charge in [-0.05, 0) is 60.7 Å². The number of rotatable bonds is 5. The van der Waals surface area contributed by atoms with Crippen LogP contribution in [0.5, 0.6) is 0 Å². The molecule has 2 aromatic carbocycles. The van der Waals surface area contributed by atoms with Gasteiger partial charge in [0.2, 0.25) is 14.9 Å². The molecule has 1 heterocycles. The maximum absolute atomic E-state index is 12.6. The molecule has 0 saturated carbocycles. The van der Waals surface area contributed by atoms with Crippen molar-refractivity contribution in [3.05, 3.63) is 76.5 Å². The molecule has 3 aromatic rings. The van der Waals surface area contributed by atoms with Crippen LogP contribution in [0.15, 0.2) is 79.5 Å². The highest BCUT2D eigenvalue weighted by molar-refractivity contribution is 9.10. The zero-order chi connectivity index (χ0) is 20.3. The smallest absolute Gasteiger partial charge is 0.337 e. The molecule has 0 aliphatic carbocycles. The van der Waals surface area contributed by atoms with Crippen LogP contribution in [0.3, 0.4) is 0 Å². The molecule has 0 bridgehead atoms. The molecule has 28 heavy (non-hydrogen) atoms. The lowest BCUT2D eigenvalue weighted by Crippen LogP contribution is -2.11. The fraction of sp³-hybridized carbons (Fsp3) is 0.0526. The van der Waals surface area contributed by atoms with Gasteiger partial charge in [-0.2, -0.15) is 0 Å². The Bertz CT molecular complexity index is 1120. The minimum absolute atomic E-state index is 0.0513. The molecule has 0 radical (unpaired) electrons. The molecule has 0 spiro atoms. The van der Waals surface area contributed by atoms with E-state index in [0.717, 1.165) is 4.47 Å². The number of amides is 1. The fourth-order valence-electron chi connectivity index (χ4n) is 2.32. The highest BCUT2D eigenvalue weighted by Crippen LogP contribution is 2.24. The summed E-state index contributed by atoms with van der Waals surface area (Å²) in [7, 11) is -2.61. The maximum Gasteiger partial charge on any atom is 0.337 e. The van der Waals surface area contributed by atoms with Crippen LogP contribution in [0.25, 0.3) is 0 Å². The summed E-state index contributed by atoms with van der Waals surface area (Å²) in [6, 6.07) is 14.6. The number of carbonyl (C=O) groups is 2. The number of methoxy groups -OCH3 is 1. The number of anilines is 1. The number of furan rings is 1. The van der Waals surface area contributed by atoms with Gasteiger partial charge in [-0.25, -0.2) is 13.2 Å². The molecule has 0 atom stereocenters. The molecule has 0 fully saturated rings. The minimum atomic E-state index is -3.88. The lowest BCUT2D eigenvalue weighted by Gasteiger charge is -2.05. The van der Waals surface area contributed by atoms with Crippen LogP contribution in [-0.4, -0.2) is 27.4 Å². The summed E-state index contributed by atoms with van der Waals surface area (Å²) >= 11 is 3.24. The van der Waals surface area contributed by atoms with Gasteiger partial charge >= 0.3 is 5.97 Å². The largest absolute Gasteiger partial charge is 0.465 e. The van der Waals surface area contributed by atoms with Crippen molar-refractivity contribution < 1.29 is 27.2 Å². The summed E-state index contributed by atoms with van der Waals surface area (Å²) in [5.41, 5.74) is 0.743. The van der Waals surface area contributed by atoms with E-state index >= 15 is 0 Å². The molecular formula is C19H14BrNO6S. The SMILES string of the molecule is COC(=O)c1ccc(NC(=O)c2ccc(S(=O)(=O)c3ccc(Br)cc3)o2)cc1. The van der Waals surface area contributed by atoms with Gasteiger partial charge in [-0.15, -0.1) is 0 Å². The molecule has 9 heteroatoms. The quantitative estimate of drug-likeness (QED) is 0.575. The van der Waals surface area contributed by atoms with Crippen LogP contribution < -0.4 is 5.32 Å². The van der Waals surface area contributed by atoms with Gasteiger partial charge in [0.1, 0.15) is 0 Å². The van der Waals surface area contributed by atoms with Gasteiger partial charge in [-0.1, -0.05) is 15.9 Å². The van der Waals surface area contributed by atoms with Gasteiger partial charge in [0, 0.05) is 10.2 Å². The van der Waals surface area contributed by atoms with Gasteiger partial charge in [-0.3, -0.25) is 4.79 Å². The van der Waals surface area contributed by atoms with E-state index in [1.807, 2.05) is 0 Å². The fourth-order valence-corrected chi connectivity index (χ4v) is 3.75. The molecule has 0 unspecified atom stereocenters. The van der Waals surface area contributed by atoms with Crippen LogP contribution in [0.4, 0.5) is 5.69 Å². The number of hydrogen-bond acceptors (Lipinski definition) is 6. The maximum atomic E-state index is 12.6. The molecule has 3 rings (SSSR count). The number of benzene rings is 2. The van der Waals surface area contributed by atoms with Crippen molar-refractivity contribution >= 4 is 43.3 Å². The molecular weight excluding hydrogens is 450 g/mol. The van der Waals surface area contributed by atoms with E-state index in [2.05, 4.69) is 26.0 Å².